The first-order chi connectivity index (χ1) is 17.6. The number of benzene rings is 3. The van der Waals surface area contributed by atoms with Gasteiger partial charge in [0, 0.05) is 62.1 Å². The number of amides is 2. The molecule has 0 aromatic heterocycles. The summed E-state index contributed by atoms with van der Waals surface area (Å²) in [5.74, 6) is -0.192. The van der Waals surface area contributed by atoms with Crippen LogP contribution in [0, 0.1) is 5.82 Å². The van der Waals surface area contributed by atoms with Gasteiger partial charge in [-0.25, -0.2) is 9.18 Å². The second-order valence-electron chi connectivity index (χ2n) is 10.1. The molecular formula is C29H33FN4O2. The average molecular weight is 489 g/mol. The van der Waals surface area contributed by atoms with Crippen LogP contribution in [0.2, 0.25) is 0 Å². The largest absolute Gasteiger partial charge is 0.373 e. The fraction of sp³-hybridized carbons (Fsp3) is 0.414. The Labute approximate surface area is 211 Å². The van der Waals surface area contributed by atoms with Crippen LogP contribution >= 0.6 is 0 Å². The molecule has 3 heterocycles. The summed E-state index contributed by atoms with van der Waals surface area (Å²) in [6.45, 7) is 8.29. The zero-order valence-corrected chi connectivity index (χ0v) is 20.8. The topological polar surface area (TPSA) is 48.1 Å². The predicted molar refractivity (Wildman–Crippen MR) is 141 cm³/mol. The fourth-order valence-corrected chi connectivity index (χ4v) is 5.99. The van der Waals surface area contributed by atoms with Crippen molar-refractivity contribution in [3.8, 4) is 0 Å². The molecule has 0 spiro atoms. The summed E-state index contributed by atoms with van der Waals surface area (Å²) in [4.78, 5) is 18.9. The van der Waals surface area contributed by atoms with Crippen molar-refractivity contribution in [3.05, 3.63) is 71.5 Å². The van der Waals surface area contributed by atoms with Gasteiger partial charge in [0.2, 0.25) is 0 Å². The smallest absolute Gasteiger partial charge is 0.321 e. The van der Waals surface area contributed by atoms with Crippen LogP contribution in [0.15, 0.2) is 54.6 Å². The molecule has 6 nitrogen and oxygen atoms in total. The number of halogens is 1. The van der Waals surface area contributed by atoms with Crippen LogP contribution in [-0.2, 0) is 11.2 Å². The number of hydrogen-bond acceptors (Lipinski definition) is 4. The van der Waals surface area contributed by atoms with E-state index in [0.29, 0.717) is 12.6 Å². The number of nitrogens with zero attached hydrogens (tertiary/aromatic N) is 3. The van der Waals surface area contributed by atoms with Crippen LogP contribution in [0.1, 0.15) is 30.6 Å². The molecule has 3 aliphatic heterocycles. The summed E-state index contributed by atoms with van der Waals surface area (Å²) in [6.07, 6.45) is 1.93. The lowest BCUT2D eigenvalue weighted by Gasteiger charge is -2.42. The highest BCUT2D eigenvalue weighted by molar-refractivity contribution is 5.95. The summed E-state index contributed by atoms with van der Waals surface area (Å²) in [5.41, 5.74) is 4.73. The van der Waals surface area contributed by atoms with E-state index in [-0.39, 0.29) is 18.0 Å². The Bertz CT molecular complexity index is 1280. The summed E-state index contributed by atoms with van der Waals surface area (Å²) < 4.78 is 19.9. The lowest BCUT2D eigenvalue weighted by atomic mass is 9.94. The maximum Gasteiger partial charge on any atom is 0.321 e. The highest BCUT2D eigenvalue weighted by Gasteiger charge is 2.28. The molecule has 36 heavy (non-hydrogen) atoms. The van der Waals surface area contributed by atoms with Crippen LogP contribution in [-0.4, -0.2) is 62.8 Å². The zero-order chi connectivity index (χ0) is 24.6. The lowest BCUT2D eigenvalue weighted by molar-refractivity contribution is 0.0255. The molecule has 0 bridgehead atoms. The molecule has 0 aliphatic carbocycles. The van der Waals surface area contributed by atoms with E-state index in [1.54, 1.807) is 12.1 Å². The Morgan fingerprint density at radius 2 is 2.00 bits per heavy atom. The number of carbonyl (C=O) groups is 1. The van der Waals surface area contributed by atoms with Crippen molar-refractivity contribution in [2.45, 2.75) is 31.9 Å². The van der Waals surface area contributed by atoms with Crippen LogP contribution in [0.25, 0.3) is 10.8 Å². The number of piperazine rings is 1. The van der Waals surface area contributed by atoms with E-state index < -0.39 is 0 Å². The molecule has 7 heteroatoms. The molecule has 3 aromatic carbocycles. The normalized spacial score (nSPS) is 22.7. The summed E-state index contributed by atoms with van der Waals surface area (Å²) >= 11 is 0. The molecule has 188 valence electrons. The molecular weight excluding hydrogens is 455 g/mol. The van der Waals surface area contributed by atoms with E-state index >= 15 is 0 Å². The van der Waals surface area contributed by atoms with E-state index in [2.05, 4.69) is 46.3 Å². The van der Waals surface area contributed by atoms with Crippen molar-refractivity contribution in [1.82, 2.24) is 10.2 Å². The van der Waals surface area contributed by atoms with Crippen molar-refractivity contribution in [2.75, 3.05) is 55.7 Å². The van der Waals surface area contributed by atoms with E-state index in [0.717, 1.165) is 68.6 Å². The molecule has 2 amide bonds. The Kier molecular flexibility index (Phi) is 6.27. The van der Waals surface area contributed by atoms with Crippen molar-refractivity contribution in [2.24, 2.45) is 0 Å². The van der Waals surface area contributed by atoms with Crippen LogP contribution in [0.5, 0.6) is 0 Å². The number of hydrogen-bond donors (Lipinski definition) is 1. The van der Waals surface area contributed by atoms with Crippen molar-refractivity contribution < 1.29 is 13.9 Å². The Morgan fingerprint density at radius 1 is 1.08 bits per heavy atom. The van der Waals surface area contributed by atoms with Gasteiger partial charge in [-0.3, -0.25) is 9.80 Å². The molecule has 0 unspecified atom stereocenters. The molecule has 6 rings (SSSR count). The summed E-state index contributed by atoms with van der Waals surface area (Å²) in [6, 6.07) is 18.0. The number of carbonyl (C=O) groups excluding carboxylic acids is 1. The maximum atomic E-state index is 13.7. The first kappa shape index (κ1) is 23.3. The standard InChI is InChI=1S/C29H33FN4O2/c1-20-19-33(27-4-2-3-21-17-23(30)5-7-25(21)27)15-14-32(20)12-9-28-26-8-6-24(18-22(26)10-16-36-28)34-13-11-31-29(34)35/h2-8,17-18,20,28H,9-16,19H2,1H3,(H,31,35)/t20-,28+/m1/s1. The van der Waals surface area contributed by atoms with Crippen LogP contribution in [0.3, 0.4) is 0 Å². The van der Waals surface area contributed by atoms with Crippen LogP contribution in [0.4, 0.5) is 20.6 Å². The maximum absolute atomic E-state index is 13.7. The van der Waals surface area contributed by atoms with Gasteiger partial charge in [0.1, 0.15) is 5.82 Å². The Balaban J connectivity index is 1.10. The molecule has 0 saturated carbocycles. The third-order valence-electron chi connectivity index (χ3n) is 7.94. The minimum atomic E-state index is -0.192. The second-order valence-corrected chi connectivity index (χ2v) is 10.1. The Morgan fingerprint density at radius 3 is 2.83 bits per heavy atom. The quantitative estimate of drug-likeness (QED) is 0.565. The third-order valence-corrected chi connectivity index (χ3v) is 7.94. The molecule has 1 N–H and O–H groups in total. The van der Waals surface area contributed by atoms with Crippen molar-refractivity contribution >= 4 is 28.2 Å². The number of fused-ring (bicyclic) bond motifs is 2. The zero-order valence-electron chi connectivity index (χ0n) is 20.8. The second kappa shape index (κ2) is 9.71. The van der Waals surface area contributed by atoms with Crippen LogP contribution < -0.4 is 15.1 Å². The monoisotopic (exact) mass is 488 g/mol. The van der Waals surface area contributed by atoms with Crippen molar-refractivity contribution in [1.29, 1.82) is 0 Å². The first-order valence-electron chi connectivity index (χ1n) is 13.0. The SMILES string of the molecule is C[C@@H]1CN(c2cccc3cc(F)ccc23)CCN1CC[C@@H]1OCCc2cc(N3CCNC3=O)ccc21. The average Bonchev–Trinajstić information content (AvgIpc) is 3.32. The minimum absolute atomic E-state index is 0.0117. The van der Waals surface area contributed by atoms with Gasteiger partial charge in [0.15, 0.2) is 0 Å². The molecule has 2 saturated heterocycles. The van der Waals surface area contributed by atoms with Gasteiger partial charge in [0.05, 0.1) is 12.7 Å². The minimum Gasteiger partial charge on any atom is -0.373 e. The van der Waals surface area contributed by atoms with Gasteiger partial charge in [-0.2, -0.15) is 0 Å². The molecule has 3 aromatic rings. The molecule has 3 aliphatic rings. The van der Waals surface area contributed by atoms with Gasteiger partial charge < -0.3 is 15.0 Å². The third kappa shape index (κ3) is 4.42. The lowest BCUT2D eigenvalue weighted by Crippen LogP contribution is -2.52. The van der Waals surface area contributed by atoms with Gasteiger partial charge in [0.25, 0.3) is 0 Å². The molecule has 0 radical (unpaired) electrons. The fourth-order valence-electron chi connectivity index (χ4n) is 5.99. The van der Waals surface area contributed by atoms with E-state index in [1.165, 1.54) is 16.8 Å². The van der Waals surface area contributed by atoms with Gasteiger partial charge in [-0.05, 0) is 72.7 Å². The van der Waals surface area contributed by atoms with Gasteiger partial charge in [-0.15, -0.1) is 0 Å². The van der Waals surface area contributed by atoms with E-state index in [1.807, 2.05) is 23.1 Å². The number of ether oxygens (including phenoxy) is 1. The first-order valence-corrected chi connectivity index (χ1v) is 13.0. The van der Waals surface area contributed by atoms with E-state index in [4.69, 9.17) is 4.74 Å². The Hall–Kier alpha value is -3.16. The van der Waals surface area contributed by atoms with Gasteiger partial charge in [-0.1, -0.05) is 18.2 Å². The number of anilines is 2. The summed E-state index contributed by atoms with van der Waals surface area (Å²) in [7, 11) is 0. The molecule has 2 fully saturated rings. The summed E-state index contributed by atoms with van der Waals surface area (Å²) in [5, 5.41) is 4.94. The highest BCUT2D eigenvalue weighted by atomic mass is 19.1. The van der Waals surface area contributed by atoms with Gasteiger partial charge >= 0.3 is 6.03 Å². The van der Waals surface area contributed by atoms with E-state index in [9.17, 15) is 9.18 Å². The number of nitrogens with one attached hydrogen (secondary N) is 1. The predicted octanol–water partition coefficient (Wildman–Crippen LogP) is 4.72. The number of urea groups is 1. The number of rotatable bonds is 5. The van der Waals surface area contributed by atoms with Crippen molar-refractivity contribution in [3.63, 3.8) is 0 Å². The molecule has 2 atom stereocenters. The highest BCUT2D eigenvalue weighted by Crippen LogP contribution is 2.34.